The molecule has 6 aromatic rings. The molecular weight excluding hydrogens is 1090 g/mol. The van der Waals surface area contributed by atoms with Crippen LogP contribution in [0.25, 0.3) is 0 Å². The van der Waals surface area contributed by atoms with Gasteiger partial charge >= 0.3 is 0 Å². The van der Waals surface area contributed by atoms with Crippen LogP contribution in [-0.2, 0) is 13.9 Å². The van der Waals surface area contributed by atoms with Crippen LogP contribution in [0.5, 0.6) is 0 Å². The summed E-state index contributed by atoms with van der Waals surface area (Å²) in [5.41, 5.74) is 5.71. The summed E-state index contributed by atoms with van der Waals surface area (Å²) in [6.45, 7) is 10.9. The second-order valence-corrected chi connectivity index (χ2v) is 29.8. The van der Waals surface area contributed by atoms with Crippen LogP contribution in [0.1, 0.15) is 51.4 Å². The van der Waals surface area contributed by atoms with Crippen molar-refractivity contribution in [2.75, 3.05) is 112 Å². The minimum atomic E-state index is -2.50. The summed E-state index contributed by atoms with van der Waals surface area (Å²) >= 11 is 26.1. The predicted octanol–water partition coefficient (Wildman–Crippen LogP) is 13.1. The molecule has 4 heterocycles. The lowest BCUT2D eigenvalue weighted by Gasteiger charge is -2.55. The maximum atomic E-state index is 12.7. The number of Topliss-reactive ketones (excluding diaryl/α,β-unsaturated/α-hetero) is 1. The smallest absolute Gasteiger partial charge is 0.229 e. The van der Waals surface area contributed by atoms with Crippen molar-refractivity contribution in [3.63, 3.8) is 0 Å². The van der Waals surface area contributed by atoms with Crippen LogP contribution in [0.2, 0.25) is 20.1 Å². The van der Waals surface area contributed by atoms with Gasteiger partial charge in [0.25, 0.3) is 0 Å². The normalized spacial score (nSPS) is 16.9. The number of rotatable bonds is 13. The summed E-state index contributed by atoms with van der Waals surface area (Å²) in [7, 11) is 3.13. The molecule has 0 radical (unpaired) electrons. The molecule has 21 heteroatoms. The van der Waals surface area contributed by atoms with Gasteiger partial charge in [-0.3, -0.25) is 4.79 Å². The number of anilines is 10. The first-order valence-corrected chi connectivity index (χ1v) is 32.6. The Kier molecular flexibility index (Phi) is 18.6. The zero-order valence-electron chi connectivity index (χ0n) is 45.1. The number of halogens is 4. The van der Waals surface area contributed by atoms with Crippen LogP contribution in [0.4, 0.5) is 57.7 Å². The maximum absolute atomic E-state index is 12.7. The van der Waals surface area contributed by atoms with Gasteiger partial charge < -0.3 is 50.4 Å². The quantitative estimate of drug-likeness (QED) is 0.0691. The largest absolute Gasteiger partial charge is 0.369 e. The predicted molar refractivity (Wildman–Crippen MR) is 325 cm³/mol. The van der Waals surface area contributed by atoms with E-state index in [2.05, 4.69) is 81.4 Å². The van der Waals surface area contributed by atoms with Gasteiger partial charge in [0.05, 0.1) is 45.2 Å². The number of nitrogens with zero attached hydrogens (tertiary/aromatic N) is 7. The van der Waals surface area contributed by atoms with Crippen molar-refractivity contribution < 1.29 is 13.9 Å². The lowest BCUT2D eigenvalue weighted by molar-refractivity contribution is -0.122. The molecule has 5 N–H and O–H groups in total. The number of nitrogens with one attached hydrogen (secondary N) is 5. The van der Waals surface area contributed by atoms with Crippen molar-refractivity contribution in [1.82, 2.24) is 30.2 Å². The maximum Gasteiger partial charge on any atom is 0.229 e. The van der Waals surface area contributed by atoms with Crippen molar-refractivity contribution in [2.45, 2.75) is 57.4 Å². The molecule has 2 aliphatic carbocycles. The van der Waals surface area contributed by atoms with Gasteiger partial charge in [-0.2, -0.15) is 9.97 Å². The molecule has 0 amide bonds. The number of benzene rings is 4. The zero-order valence-corrected chi connectivity index (χ0v) is 49.9. The van der Waals surface area contributed by atoms with Gasteiger partial charge in [-0.25, -0.2) is 9.97 Å². The van der Waals surface area contributed by atoms with Crippen LogP contribution in [0, 0.1) is 10.8 Å². The third-order valence-electron chi connectivity index (χ3n) is 14.8. The summed E-state index contributed by atoms with van der Waals surface area (Å²) in [4.78, 5) is 36.3. The van der Waals surface area contributed by atoms with Crippen molar-refractivity contribution >= 4 is 135 Å². The number of para-hydroxylation sites is 2. The van der Waals surface area contributed by atoms with Crippen molar-refractivity contribution in [3.05, 3.63) is 117 Å². The first-order valence-electron chi connectivity index (χ1n) is 25.8. The summed E-state index contributed by atoms with van der Waals surface area (Å²) in [6, 6.07) is 27.4. The van der Waals surface area contributed by atoms with E-state index >= 15 is 0 Å². The Balaban J connectivity index is 0.000000194. The second kappa shape index (κ2) is 24.6. The molecule has 77 heavy (non-hydrogen) atoms. The molecule has 15 nitrogen and oxygen atoms in total. The Morgan fingerprint density at radius 1 is 0.571 bits per heavy atom. The molecule has 10 rings (SSSR count). The first-order chi connectivity index (χ1) is 36.6. The first kappa shape index (κ1) is 58.2. The topological polar surface area (TPSA) is 173 Å². The molecule has 2 spiro atoms. The summed E-state index contributed by atoms with van der Waals surface area (Å²) in [5, 5.41) is 19.1. The highest BCUT2D eigenvalue weighted by Crippen LogP contribution is 2.49. The number of hydrogen-bond acceptors (Lipinski definition) is 15. The van der Waals surface area contributed by atoms with Crippen LogP contribution >= 0.6 is 60.7 Å². The lowest BCUT2D eigenvalue weighted by Crippen LogP contribution is -2.58. The number of carbonyl (C=O) groups excluding carboxylic acids is 1. The van der Waals surface area contributed by atoms with E-state index in [1.165, 1.54) is 31.9 Å². The minimum Gasteiger partial charge on any atom is -0.369 e. The molecule has 4 fully saturated rings. The molecule has 2 saturated carbocycles. The summed E-state index contributed by atoms with van der Waals surface area (Å²) < 4.78 is 25.5. The van der Waals surface area contributed by atoms with Crippen LogP contribution in [0.15, 0.2) is 97.3 Å². The van der Waals surface area contributed by atoms with Crippen LogP contribution < -0.4 is 47.0 Å². The SMILES string of the molecule is CN(C)C1CCC2(CC1)CN(c1ccc(Nc3ncc(Cl)c(Nc4ccccc4P(C)(C)=O)n3)cc1Cl)C2.CNC.CP(C)(=O)c1ccccc1Nc1nc(Nc2ccc(N3CC4(CCC(=O)CC4)C3)c(Cl)c2)ncc1Cl. The highest BCUT2D eigenvalue weighted by molar-refractivity contribution is 7.70. The molecule has 4 aromatic carbocycles. The molecule has 0 unspecified atom stereocenters. The molecular formula is C56H70Cl4N12O3P2. The van der Waals surface area contributed by atoms with E-state index in [9.17, 15) is 13.9 Å². The van der Waals surface area contributed by atoms with Crippen molar-refractivity contribution in [3.8, 4) is 0 Å². The fourth-order valence-electron chi connectivity index (χ4n) is 10.6. The molecule has 2 saturated heterocycles. The third kappa shape index (κ3) is 14.5. The van der Waals surface area contributed by atoms with Gasteiger partial charge in [0, 0.05) is 77.9 Å². The average Bonchev–Trinajstić information content (AvgIpc) is 3.36. The molecule has 2 aromatic heterocycles. The molecule has 0 atom stereocenters. The van der Waals surface area contributed by atoms with Gasteiger partial charge in [-0.1, -0.05) is 70.7 Å². The monoisotopic (exact) mass is 1160 g/mol. The van der Waals surface area contributed by atoms with E-state index < -0.39 is 14.3 Å². The Bertz CT molecular complexity index is 3160. The number of aromatic nitrogens is 4. The Morgan fingerprint density at radius 2 is 0.961 bits per heavy atom. The van der Waals surface area contributed by atoms with Gasteiger partial charge in [-0.15, -0.1) is 0 Å². The van der Waals surface area contributed by atoms with E-state index in [0.29, 0.717) is 85.1 Å². The van der Waals surface area contributed by atoms with E-state index in [-0.39, 0.29) is 5.41 Å². The molecule has 2 aliphatic heterocycles. The van der Waals surface area contributed by atoms with E-state index in [4.69, 9.17) is 46.4 Å². The van der Waals surface area contributed by atoms with Crippen molar-refractivity contribution in [2.24, 2.45) is 10.8 Å². The van der Waals surface area contributed by atoms with Crippen molar-refractivity contribution in [1.29, 1.82) is 0 Å². The van der Waals surface area contributed by atoms with E-state index in [0.717, 1.165) is 72.4 Å². The van der Waals surface area contributed by atoms with E-state index in [1.807, 2.05) is 93.0 Å². The highest BCUT2D eigenvalue weighted by Gasteiger charge is 2.47. The van der Waals surface area contributed by atoms with Gasteiger partial charge in [0.15, 0.2) is 11.6 Å². The molecule has 4 aliphatic rings. The number of hydrogen-bond donors (Lipinski definition) is 5. The molecule has 410 valence electrons. The average molecular weight is 1160 g/mol. The highest BCUT2D eigenvalue weighted by atomic mass is 35.5. The Morgan fingerprint density at radius 3 is 1.34 bits per heavy atom. The summed E-state index contributed by atoms with van der Waals surface area (Å²) in [5.74, 6) is 1.97. The van der Waals surface area contributed by atoms with E-state index in [1.54, 1.807) is 32.9 Å². The standard InChI is InChI=1S/C28H35Cl2N6OP.C26H28Cl2N5O2P.C2H7N/c1-35(2)20-11-13-28(14-12-20)17-36(18-28)24-10-9-19(15-21(24)29)32-27-31-16-22(30)26(34-27)33-23-7-5-6-8-25(23)38(3,4)37;1-36(2,35)23-6-4-3-5-21(23)31-24-20(28)14-29-25(32-24)30-17-7-8-22(19(27)13-17)33-15-26(16-33)11-9-18(34)10-12-26;1-3-2/h5-10,15-16,20H,11-14,17-18H2,1-4H3,(H2,31,32,33,34);3-8,13-14H,9-12,15-16H2,1-2H3,(H2,29,30,31,32);3H,1-2H3. The van der Waals surface area contributed by atoms with Crippen LogP contribution in [0.3, 0.4) is 0 Å². The van der Waals surface area contributed by atoms with Gasteiger partial charge in [0.1, 0.15) is 30.1 Å². The lowest BCUT2D eigenvalue weighted by atomic mass is 9.67. The number of carbonyl (C=O) groups is 1. The van der Waals surface area contributed by atoms with Crippen LogP contribution in [-0.4, -0.2) is 118 Å². The molecule has 0 bridgehead atoms. The third-order valence-corrected chi connectivity index (χ3v) is 19.0. The number of ketones is 1. The Hall–Kier alpha value is -4.95. The minimum absolute atomic E-state index is 0.261. The summed E-state index contributed by atoms with van der Waals surface area (Å²) in [6.07, 6.45) is 11.5. The van der Waals surface area contributed by atoms with Gasteiger partial charge in [-0.05, 0) is 154 Å². The zero-order chi connectivity index (χ0) is 55.3. The Labute approximate surface area is 473 Å². The second-order valence-electron chi connectivity index (χ2n) is 21.8. The fourth-order valence-corrected chi connectivity index (χ4v) is 13.8. The fraction of sp³-hybridized carbons (Fsp3) is 0.411. The van der Waals surface area contributed by atoms with Gasteiger partial charge in [0.2, 0.25) is 11.9 Å².